The summed E-state index contributed by atoms with van der Waals surface area (Å²) in [5.41, 5.74) is -0.0111. The third-order valence-electron chi connectivity index (χ3n) is 4.66. The van der Waals surface area contributed by atoms with Crippen LogP contribution in [-0.4, -0.2) is 19.8 Å². The number of nitrogens with one attached hydrogen (secondary N) is 1. The molecule has 3 aromatic carbocycles. The van der Waals surface area contributed by atoms with Gasteiger partial charge in [-0.1, -0.05) is 30.3 Å². The Kier molecular flexibility index (Phi) is 4.34. The van der Waals surface area contributed by atoms with Gasteiger partial charge in [-0.3, -0.25) is 4.57 Å². The van der Waals surface area contributed by atoms with Crippen LogP contribution in [-0.2, 0) is 12.6 Å². The zero-order chi connectivity index (χ0) is 20.8. The number of fused-ring (bicyclic) bond motifs is 1. The van der Waals surface area contributed by atoms with Crippen molar-refractivity contribution >= 4 is 11.0 Å². The van der Waals surface area contributed by atoms with Crippen molar-refractivity contribution < 1.29 is 23.4 Å². The van der Waals surface area contributed by atoms with Gasteiger partial charge in [0.15, 0.2) is 0 Å². The van der Waals surface area contributed by atoms with E-state index >= 15 is 0 Å². The van der Waals surface area contributed by atoms with Crippen molar-refractivity contribution in [2.24, 2.45) is 0 Å². The molecule has 4 aromatic rings. The molecule has 0 amide bonds. The van der Waals surface area contributed by atoms with Gasteiger partial charge >= 0.3 is 11.9 Å². The maximum atomic E-state index is 12.9. The van der Waals surface area contributed by atoms with Gasteiger partial charge in [-0.05, 0) is 29.8 Å². The molecule has 1 heterocycles. The number of alkyl halides is 3. The van der Waals surface area contributed by atoms with Crippen LogP contribution in [0, 0.1) is 0 Å². The van der Waals surface area contributed by atoms with Crippen LogP contribution in [0.2, 0.25) is 0 Å². The number of aromatic nitrogens is 2. The van der Waals surface area contributed by atoms with Crippen LogP contribution in [0.1, 0.15) is 16.7 Å². The lowest BCUT2D eigenvalue weighted by molar-refractivity contribution is -0.137. The number of benzene rings is 3. The molecule has 29 heavy (non-hydrogen) atoms. The second kappa shape index (κ2) is 6.73. The van der Waals surface area contributed by atoms with Crippen LogP contribution in [0.25, 0.3) is 16.7 Å². The molecule has 0 unspecified atom stereocenters. The number of nitrogens with zero attached hydrogens (tertiary/aromatic N) is 1. The first-order chi connectivity index (χ1) is 13.7. The summed E-state index contributed by atoms with van der Waals surface area (Å²) in [6, 6.07) is 14.7. The largest absolute Gasteiger partial charge is 0.508 e. The Morgan fingerprint density at radius 1 is 0.931 bits per heavy atom. The van der Waals surface area contributed by atoms with Crippen LogP contribution in [0.5, 0.6) is 11.5 Å². The first-order valence-corrected chi connectivity index (χ1v) is 8.65. The molecule has 0 fully saturated rings. The summed E-state index contributed by atoms with van der Waals surface area (Å²) >= 11 is 0. The van der Waals surface area contributed by atoms with Crippen molar-refractivity contribution in [3.8, 4) is 17.2 Å². The Labute approximate surface area is 162 Å². The van der Waals surface area contributed by atoms with Gasteiger partial charge in [0, 0.05) is 18.1 Å². The minimum atomic E-state index is -4.54. The Bertz CT molecular complexity index is 1260. The van der Waals surface area contributed by atoms with Crippen molar-refractivity contribution in [1.82, 2.24) is 9.55 Å². The second-order valence-electron chi connectivity index (χ2n) is 6.63. The molecule has 148 valence electrons. The highest BCUT2D eigenvalue weighted by Gasteiger charge is 2.31. The van der Waals surface area contributed by atoms with E-state index in [2.05, 4.69) is 4.98 Å². The van der Waals surface area contributed by atoms with Gasteiger partial charge < -0.3 is 15.2 Å². The van der Waals surface area contributed by atoms with Crippen molar-refractivity contribution in [3.63, 3.8) is 0 Å². The molecule has 0 spiro atoms. The number of imidazole rings is 1. The van der Waals surface area contributed by atoms with E-state index in [9.17, 15) is 28.2 Å². The summed E-state index contributed by atoms with van der Waals surface area (Å²) in [6.07, 6.45) is -4.20. The first-order valence-electron chi connectivity index (χ1n) is 8.65. The number of phenolic OH excluding ortho intramolecular Hbond substituents is 2. The molecule has 5 nitrogen and oxygen atoms in total. The number of aromatic amines is 1. The smallest absolute Gasteiger partial charge is 0.416 e. The summed E-state index contributed by atoms with van der Waals surface area (Å²) in [5, 5.41) is 20.5. The highest BCUT2D eigenvalue weighted by Crippen LogP contribution is 2.34. The van der Waals surface area contributed by atoms with Gasteiger partial charge in [-0.2, -0.15) is 13.2 Å². The molecule has 3 N–H and O–H groups in total. The second-order valence-corrected chi connectivity index (χ2v) is 6.63. The van der Waals surface area contributed by atoms with E-state index in [1.165, 1.54) is 12.1 Å². The fraction of sp³-hybridized carbons (Fsp3) is 0.0952. The highest BCUT2D eigenvalue weighted by atomic mass is 19.4. The summed E-state index contributed by atoms with van der Waals surface area (Å²) in [4.78, 5) is 14.8. The van der Waals surface area contributed by atoms with Crippen molar-refractivity contribution in [2.75, 3.05) is 0 Å². The van der Waals surface area contributed by atoms with E-state index in [0.29, 0.717) is 12.0 Å². The lowest BCUT2D eigenvalue weighted by atomic mass is 10.0. The fourth-order valence-electron chi connectivity index (χ4n) is 3.27. The summed E-state index contributed by atoms with van der Waals surface area (Å²) in [7, 11) is 0. The SMILES string of the molecule is O=c1[nH]c2cc(C(F)(F)F)ccc2n1-c1cc(Cc2ccccc2)c(O)cc1O. The summed E-state index contributed by atoms with van der Waals surface area (Å²) < 4.78 is 39.9. The van der Waals surface area contributed by atoms with E-state index in [4.69, 9.17) is 0 Å². The molecule has 0 aliphatic rings. The number of H-pyrrole nitrogens is 1. The molecular formula is C21H15F3N2O3. The van der Waals surface area contributed by atoms with Crippen LogP contribution >= 0.6 is 0 Å². The molecule has 0 aliphatic heterocycles. The molecule has 0 aliphatic carbocycles. The molecule has 0 saturated carbocycles. The predicted molar refractivity (Wildman–Crippen MR) is 101 cm³/mol. The average molecular weight is 400 g/mol. The third kappa shape index (κ3) is 3.44. The first kappa shape index (κ1) is 18.7. The van der Waals surface area contributed by atoms with Gasteiger partial charge in [-0.15, -0.1) is 0 Å². The fourth-order valence-corrected chi connectivity index (χ4v) is 3.27. The minimum Gasteiger partial charge on any atom is -0.508 e. The van der Waals surface area contributed by atoms with Crippen molar-refractivity contribution in [2.45, 2.75) is 12.6 Å². The van der Waals surface area contributed by atoms with Gasteiger partial charge in [-0.25, -0.2) is 4.79 Å². The standard InChI is InChI=1S/C21H15F3N2O3/c22-21(23,24)14-6-7-16-15(10-14)25-20(29)26(16)17-9-13(18(27)11-19(17)28)8-12-4-2-1-3-5-12/h1-7,9-11,27-28H,8H2,(H,25,29). The Balaban J connectivity index is 1.86. The number of aromatic hydroxyl groups is 2. The quantitative estimate of drug-likeness (QED) is 0.479. The average Bonchev–Trinajstić information content (AvgIpc) is 2.99. The highest BCUT2D eigenvalue weighted by molar-refractivity contribution is 5.79. The zero-order valence-corrected chi connectivity index (χ0v) is 14.9. The molecule has 0 radical (unpaired) electrons. The minimum absolute atomic E-state index is 0.0121. The normalized spacial score (nSPS) is 11.8. The maximum absolute atomic E-state index is 12.9. The maximum Gasteiger partial charge on any atom is 0.416 e. The lowest BCUT2D eigenvalue weighted by Gasteiger charge is -2.12. The van der Waals surface area contributed by atoms with Crippen molar-refractivity contribution in [3.05, 3.63) is 87.8 Å². The summed E-state index contributed by atoms with van der Waals surface area (Å²) in [5.74, 6) is -0.524. The molecule has 0 bridgehead atoms. The van der Waals surface area contributed by atoms with E-state index in [-0.39, 0.29) is 28.2 Å². The number of halogens is 3. The Hall–Kier alpha value is -3.68. The topological polar surface area (TPSA) is 78.2 Å². The van der Waals surface area contributed by atoms with Crippen LogP contribution in [0.4, 0.5) is 13.2 Å². The lowest BCUT2D eigenvalue weighted by Crippen LogP contribution is -2.15. The third-order valence-corrected chi connectivity index (χ3v) is 4.66. The number of phenols is 2. The molecule has 8 heteroatoms. The van der Waals surface area contributed by atoms with Crippen molar-refractivity contribution in [1.29, 1.82) is 0 Å². The molecule has 4 rings (SSSR count). The van der Waals surface area contributed by atoms with Gasteiger partial charge in [0.2, 0.25) is 0 Å². The predicted octanol–water partition coefficient (Wildman–Crippen LogP) is 4.34. The van der Waals surface area contributed by atoms with Crippen LogP contribution in [0.15, 0.2) is 65.5 Å². The van der Waals surface area contributed by atoms with E-state index in [0.717, 1.165) is 28.3 Å². The molecular weight excluding hydrogens is 385 g/mol. The Morgan fingerprint density at radius 2 is 1.66 bits per heavy atom. The van der Waals surface area contributed by atoms with E-state index < -0.39 is 17.4 Å². The number of rotatable bonds is 3. The zero-order valence-electron chi connectivity index (χ0n) is 14.9. The molecule has 0 saturated heterocycles. The molecule has 0 atom stereocenters. The van der Waals surface area contributed by atoms with Gasteiger partial charge in [0.25, 0.3) is 0 Å². The van der Waals surface area contributed by atoms with Gasteiger partial charge in [0.05, 0.1) is 22.3 Å². The van der Waals surface area contributed by atoms with E-state index in [1.54, 1.807) is 0 Å². The Morgan fingerprint density at radius 3 is 2.34 bits per heavy atom. The molecule has 1 aromatic heterocycles. The summed E-state index contributed by atoms with van der Waals surface area (Å²) in [6.45, 7) is 0. The number of hydrogen-bond donors (Lipinski definition) is 3. The van der Waals surface area contributed by atoms with Crippen LogP contribution < -0.4 is 5.69 Å². The number of hydrogen-bond acceptors (Lipinski definition) is 3. The van der Waals surface area contributed by atoms with Crippen LogP contribution in [0.3, 0.4) is 0 Å². The monoisotopic (exact) mass is 400 g/mol. The van der Waals surface area contributed by atoms with Gasteiger partial charge in [0.1, 0.15) is 11.5 Å². The van der Waals surface area contributed by atoms with E-state index in [1.807, 2.05) is 30.3 Å².